The second-order valence-electron chi connectivity index (χ2n) is 8.24. The van der Waals surface area contributed by atoms with Crippen molar-refractivity contribution in [2.24, 2.45) is 0 Å². The Morgan fingerprint density at radius 1 is 0.971 bits per heavy atom. The third-order valence-corrected chi connectivity index (χ3v) is 6.47. The van der Waals surface area contributed by atoms with Crippen LogP contribution in [0.5, 0.6) is 0 Å². The zero-order chi connectivity index (χ0) is 25.1. The van der Waals surface area contributed by atoms with Crippen LogP contribution in [0, 0.1) is 0 Å². The van der Waals surface area contributed by atoms with E-state index in [1.54, 1.807) is 66.7 Å². The number of nitrogens with zero attached hydrogens (tertiary/aromatic N) is 1. The van der Waals surface area contributed by atoms with E-state index in [1.807, 2.05) is 0 Å². The van der Waals surface area contributed by atoms with Crippen molar-refractivity contribution in [1.29, 1.82) is 0 Å². The van der Waals surface area contributed by atoms with E-state index >= 15 is 0 Å². The third kappa shape index (κ3) is 5.48. The fourth-order valence-electron chi connectivity index (χ4n) is 4.21. The molecule has 0 saturated carbocycles. The predicted octanol–water partition coefficient (Wildman–Crippen LogP) is 5.56. The van der Waals surface area contributed by atoms with Gasteiger partial charge in [-0.3, -0.25) is 19.3 Å². The van der Waals surface area contributed by atoms with E-state index in [0.29, 0.717) is 39.0 Å². The Morgan fingerprint density at radius 2 is 1.69 bits per heavy atom. The molecular formula is C26H22Cl2N2O5. The van der Waals surface area contributed by atoms with Crippen molar-refractivity contribution in [2.75, 3.05) is 10.2 Å². The molecule has 0 bridgehead atoms. The molecule has 1 heterocycles. The van der Waals surface area contributed by atoms with E-state index in [2.05, 4.69) is 5.32 Å². The quantitative estimate of drug-likeness (QED) is 0.414. The summed E-state index contributed by atoms with van der Waals surface area (Å²) >= 11 is 12.2. The number of halogens is 2. The lowest BCUT2D eigenvalue weighted by atomic mass is 9.91. The molecule has 2 atom stereocenters. The fraction of sp³-hybridized carbons (Fsp3) is 0.192. The Morgan fingerprint density at radius 3 is 2.37 bits per heavy atom. The number of aliphatic hydroxyl groups is 1. The lowest BCUT2D eigenvalue weighted by Crippen LogP contribution is -2.40. The molecule has 2 unspecified atom stereocenters. The van der Waals surface area contributed by atoms with Gasteiger partial charge in [-0.2, -0.15) is 0 Å². The number of hydrogen-bond donors (Lipinski definition) is 3. The first-order valence-electron chi connectivity index (χ1n) is 10.9. The molecule has 7 nitrogen and oxygen atoms in total. The highest BCUT2D eigenvalue weighted by Crippen LogP contribution is 2.40. The molecule has 180 valence electrons. The number of hydrogen-bond acceptors (Lipinski definition) is 4. The smallest absolute Gasteiger partial charge is 0.303 e. The summed E-state index contributed by atoms with van der Waals surface area (Å²) in [6, 6.07) is 17.8. The number of aliphatic carboxylic acids is 1. The lowest BCUT2D eigenvalue weighted by Gasteiger charge is -2.28. The number of carbonyl (C=O) groups is 3. The van der Waals surface area contributed by atoms with Gasteiger partial charge in [0.1, 0.15) is 6.23 Å². The topological polar surface area (TPSA) is 107 Å². The minimum Gasteiger partial charge on any atom is -0.481 e. The van der Waals surface area contributed by atoms with Crippen LogP contribution in [-0.4, -0.2) is 34.2 Å². The Kier molecular flexibility index (Phi) is 7.40. The molecule has 0 aliphatic carbocycles. The van der Waals surface area contributed by atoms with Crippen molar-refractivity contribution >= 4 is 52.4 Å². The van der Waals surface area contributed by atoms with Crippen LogP contribution in [0.3, 0.4) is 0 Å². The highest BCUT2D eigenvalue weighted by molar-refractivity contribution is 6.34. The lowest BCUT2D eigenvalue weighted by molar-refractivity contribution is -0.137. The summed E-state index contributed by atoms with van der Waals surface area (Å²) in [7, 11) is 0. The van der Waals surface area contributed by atoms with Crippen molar-refractivity contribution in [2.45, 2.75) is 31.4 Å². The number of aliphatic hydroxyl groups excluding tert-OH is 1. The molecular weight excluding hydrogens is 491 g/mol. The summed E-state index contributed by atoms with van der Waals surface area (Å²) < 4.78 is 0. The van der Waals surface area contributed by atoms with Crippen molar-refractivity contribution in [3.8, 4) is 0 Å². The van der Waals surface area contributed by atoms with Gasteiger partial charge in [-0.1, -0.05) is 35.3 Å². The number of amides is 2. The number of anilines is 2. The van der Waals surface area contributed by atoms with Gasteiger partial charge in [0.25, 0.3) is 11.8 Å². The van der Waals surface area contributed by atoms with Gasteiger partial charge in [0.05, 0.1) is 22.7 Å². The number of carboxylic acid groups (broad SMARTS) is 1. The van der Waals surface area contributed by atoms with E-state index in [9.17, 15) is 24.6 Å². The summed E-state index contributed by atoms with van der Waals surface area (Å²) in [4.78, 5) is 38.6. The summed E-state index contributed by atoms with van der Waals surface area (Å²) in [6.45, 7) is 0. The van der Waals surface area contributed by atoms with Crippen LogP contribution in [0.2, 0.25) is 10.0 Å². The summed E-state index contributed by atoms with van der Waals surface area (Å²) in [5.41, 5.74) is 2.11. The van der Waals surface area contributed by atoms with E-state index in [-0.39, 0.29) is 24.3 Å². The van der Waals surface area contributed by atoms with Crippen molar-refractivity contribution < 1.29 is 24.6 Å². The molecule has 4 rings (SSSR count). The molecule has 35 heavy (non-hydrogen) atoms. The molecule has 1 aliphatic rings. The summed E-state index contributed by atoms with van der Waals surface area (Å²) in [6.07, 6.45) is -0.678. The number of benzene rings is 3. The molecule has 2 amide bonds. The van der Waals surface area contributed by atoms with E-state index in [1.165, 1.54) is 4.90 Å². The Hall–Kier alpha value is -3.39. The average Bonchev–Trinajstić information content (AvgIpc) is 2.95. The minimum atomic E-state index is -1.14. The molecule has 1 aliphatic heterocycles. The Labute approximate surface area is 211 Å². The maximum atomic E-state index is 13.5. The van der Waals surface area contributed by atoms with Crippen LogP contribution in [0.15, 0.2) is 66.7 Å². The van der Waals surface area contributed by atoms with Gasteiger partial charge in [-0.25, -0.2) is 0 Å². The molecule has 3 N–H and O–H groups in total. The predicted molar refractivity (Wildman–Crippen MR) is 134 cm³/mol. The van der Waals surface area contributed by atoms with Crippen LogP contribution in [0.4, 0.5) is 11.4 Å². The van der Waals surface area contributed by atoms with Gasteiger partial charge in [0, 0.05) is 16.3 Å². The minimum absolute atomic E-state index is 0.137. The molecule has 0 aromatic heterocycles. The van der Waals surface area contributed by atoms with Crippen LogP contribution in [0.25, 0.3) is 0 Å². The second-order valence-corrected chi connectivity index (χ2v) is 9.09. The zero-order valence-electron chi connectivity index (χ0n) is 18.4. The van der Waals surface area contributed by atoms with Gasteiger partial charge < -0.3 is 15.5 Å². The first kappa shape index (κ1) is 24.7. The Bertz CT molecular complexity index is 1280. The van der Waals surface area contributed by atoms with Crippen molar-refractivity contribution in [1.82, 2.24) is 0 Å². The molecule has 9 heteroatoms. The molecule has 3 aromatic rings. The average molecular weight is 513 g/mol. The molecule has 0 spiro atoms. The maximum absolute atomic E-state index is 13.5. The normalized spacial score (nSPS) is 17.3. The van der Waals surface area contributed by atoms with Crippen LogP contribution in [-0.2, 0) is 4.79 Å². The molecule has 0 saturated heterocycles. The number of rotatable bonds is 5. The monoisotopic (exact) mass is 512 g/mol. The number of fused-ring (bicyclic) bond motifs is 1. The first-order chi connectivity index (χ1) is 16.7. The van der Waals surface area contributed by atoms with Crippen LogP contribution >= 0.6 is 23.2 Å². The first-order valence-corrected chi connectivity index (χ1v) is 11.7. The van der Waals surface area contributed by atoms with Crippen molar-refractivity contribution in [3.63, 3.8) is 0 Å². The maximum Gasteiger partial charge on any atom is 0.303 e. The van der Waals surface area contributed by atoms with Gasteiger partial charge in [-0.15, -0.1) is 0 Å². The van der Waals surface area contributed by atoms with Gasteiger partial charge >= 0.3 is 5.97 Å². The Balaban J connectivity index is 1.60. The van der Waals surface area contributed by atoms with Crippen LogP contribution in [0.1, 0.15) is 51.5 Å². The molecule has 3 aromatic carbocycles. The van der Waals surface area contributed by atoms with Gasteiger partial charge in [0.2, 0.25) is 0 Å². The van der Waals surface area contributed by atoms with Crippen LogP contribution < -0.4 is 10.2 Å². The summed E-state index contributed by atoms with van der Waals surface area (Å²) in [5, 5.41) is 23.6. The molecule has 0 radical (unpaired) electrons. The number of nitrogens with one attached hydrogen (secondary N) is 1. The highest BCUT2D eigenvalue weighted by Gasteiger charge is 2.33. The van der Waals surface area contributed by atoms with E-state index < -0.39 is 24.0 Å². The largest absolute Gasteiger partial charge is 0.481 e. The standard InChI is InChI=1S/C26H22Cl2N2O5/c27-17-8-11-22-20(14-17)16(13-24(32)33)7-12-23(31)30(22)26(35)15-5-9-18(10-6-15)29-25(34)19-3-1-2-4-21(19)28/h1-6,8-11,14,16,23,31H,7,12-13H2,(H,29,34)(H,32,33). The van der Waals surface area contributed by atoms with Crippen molar-refractivity contribution in [3.05, 3.63) is 93.5 Å². The van der Waals surface area contributed by atoms with Gasteiger partial charge in [-0.05, 0) is 78.9 Å². The zero-order valence-corrected chi connectivity index (χ0v) is 20.0. The number of carbonyl (C=O) groups excluding carboxylic acids is 2. The van der Waals surface area contributed by atoms with Gasteiger partial charge in [0.15, 0.2) is 0 Å². The van der Waals surface area contributed by atoms with E-state index in [4.69, 9.17) is 23.2 Å². The highest BCUT2D eigenvalue weighted by atomic mass is 35.5. The third-order valence-electron chi connectivity index (χ3n) is 5.91. The molecule has 0 fully saturated rings. The number of carboxylic acids is 1. The fourth-order valence-corrected chi connectivity index (χ4v) is 4.62. The summed E-state index contributed by atoms with van der Waals surface area (Å²) in [5.74, 6) is -2.20. The SMILES string of the molecule is O=C(O)CC1CCC(O)N(C(=O)c2ccc(NC(=O)c3ccccc3Cl)cc2)c2ccc(Cl)cc21. The van der Waals surface area contributed by atoms with E-state index in [0.717, 1.165) is 0 Å². The second kappa shape index (κ2) is 10.5.